The van der Waals surface area contributed by atoms with E-state index in [1.54, 1.807) is 0 Å². The van der Waals surface area contributed by atoms with Gasteiger partial charge in [0.2, 0.25) is 5.91 Å². The SMILES string of the molecule is NCCOCCNC(=O)CI. The lowest BCUT2D eigenvalue weighted by atomic mass is 10.6. The zero-order valence-corrected chi connectivity index (χ0v) is 8.46. The van der Waals surface area contributed by atoms with Crippen LogP contribution in [0.5, 0.6) is 0 Å². The molecule has 11 heavy (non-hydrogen) atoms. The lowest BCUT2D eigenvalue weighted by Gasteiger charge is -2.02. The summed E-state index contributed by atoms with van der Waals surface area (Å²) in [6.45, 7) is 2.20. The minimum absolute atomic E-state index is 0.0435. The quantitative estimate of drug-likeness (QED) is 0.390. The molecule has 0 rings (SSSR count). The summed E-state index contributed by atoms with van der Waals surface area (Å²) in [5.74, 6) is 0.0435. The standard InChI is InChI=1S/C6H13IN2O2/c7-5-6(10)9-2-4-11-3-1-8/h1-5,8H2,(H,9,10). The van der Waals surface area contributed by atoms with Gasteiger partial charge in [0, 0.05) is 13.1 Å². The summed E-state index contributed by atoms with van der Waals surface area (Å²) in [6.07, 6.45) is 0. The Kier molecular flexibility index (Phi) is 8.31. The number of nitrogens with one attached hydrogen (secondary N) is 1. The minimum Gasteiger partial charge on any atom is -0.378 e. The topological polar surface area (TPSA) is 64.3 Å². The molecule has 1 amide bonds. The fraction of sp³-hybridized carbons (Fsp3) is 0.833. The normalized spacial score (nSPS) is 9.64. The molecule has 0 spiro atoms. The van der Waals surface area contributed by atoms with E-state index in [2.05, 4.69) is 5.32 Å². The molecule has 0 saturated carbocycles. The average Bonchev–Trinajstić information content (AvgIpc) is 2.04. The van der Waals surface area contributed by atoms with E-state index in [-0.39, 0.29) is 5.91 Å². The number of carbonyl (C=O) groups excluding carboxylic acids is 1. The largest absolute Gasteiger partial charge is 0.378 e. The Morgan fingerprint density at radius 3 is 2.82 bits per heavy atom. The Labute approximate surface area is 80.0 Å². The average molecular weight is 272 g/mol. The number of amides is 1. The van der Waals surface area contributed by atoms with Crippen molar-refractivity contribution in [3.63, 3.8) is 0 Å². The number of carbonyl (C=O) groups is 1. The van der Waals surface area contributed by atoms with Crippen molar-refractivity contribution in [1.29, 1.82) is 0 Å². The number of alkyl halides is 1. The molecular weight excluding hydrogens is 259 g/mol. The first-order chi connectivity index (χ1) is 5.31. The zero-order chi connectivity index (χ0) is 8.53. The number of hydrogen-bond donors (Lipinski definition) is 2. The summed E-state index contributed by atoms with van der Waals surface area (Å²) in [6, 6.07) is 0. The third-order valence-corrected chi connectivity index (χ3v) is 1.64. The lowest BCUT2D eigenvalue weighted by Crippen LogP contribution is -2.28. The van der Waals surface area contributed by atoms with Crippen molar-refractivity contribution in [1.82, 2.24) is 5.32 Å². The van der Waals surface area contributed by atoms with Gasteiger partial charge < -0.3 is 15.8 Å². The Morgan fingerprint density at radius 1 is 1.55 bits per heavy atom. The van der Waals surface area contributed by atoms with Gasteiger partial charge in [-0.3, -0.25) is 4.79 Å². The molecule has 0 radical (unpaired) electrons. The van der Waals surface area contributed by atoms with Gasteiger partial charge >= 0.3 is 0 Å². The van der Waals surface area contributed by atoms with Crippen LogP contribution in [0.1, 0.15) is 0 Å². The van der Waals surface area contributed by atoms with Crippen LogP contribution in [0.3, 0.4) is 0 Å². The molecule has 0 aliphatic rings. The van der Waals surface area contributed by atoms with Crippen molar-refractivity contribution in [2.75, 3.05) is 30.7 Å². The van der Waals surface area contributed by atoms with E-state index in [4.69, 9.17) is 10.5 Å². The van der Waals surface area contributed by atoms with E-state index in [0.29, 0.717) is 30.7 Å². The molecule has 0 bridgehead atoms. The van der Waals surface area contributed by atoms with Crippen LogP contribution >= 0.6 is 22.6 Å². The highest BCUT2D eigenvalue weighted by Gasteiger charge is 1.94. The van der Waals surface area contributed by atoms with E-state index in [9.17, 15) is 4.79 Å². The van der Waals surface area contributed by atoms with Crippen molar-refractivity contribution in [3.05, 3.63) is 0 Å². The number of nitrogens with two attached hydrogens (primary N) is 1. The van der Waals surface area contributed by atoms with Gasteiger partial charge in [-0.05, 0) is 0 Å². The molecular formula is C6H13IN2O2. The maximum atomic E-state index is 10.6. The molecule has 0 aromatic rings. The maximum absolute atomic E-state index is 10.6. The molecule has 0 saturated heterocycles. The van der Waals surface area contributed by atoms with Gasteiger partial charge in [-0.25, -0.2) is 0 Å². The van der Waals surface area contributed by atoms with Crippen LogP contribution in [0, 0.1) is 0 Å². The Bertz CT molecular complexity index is 111. The molecule has 0 aromatic carbocycles. The maximum Gasteiger partial charge on any atom is 0.229 e. The third-order valence-electron chi connectivity index (χ3n) is 0.952. The Hall–Kier alpha value is 0.120. The lowest BCUT2D eigenvalue weighted by molar-refractivity contribution is -0.118. The smallest absolute Gasteiger partial charge is 0.229 e. The summed E-state index contributed by atoms with van der Waals surface area (Å²) < 4.78 is 5.53. The van der Waals surface area contributed by atoms with Gasteiger partial charge in [-0.1, -0.05) is 22.6 Å². The fourth-order valence-electron chi connectivity index (χ4n) is 0.495. The molecule has 3 N–H and O–H groups in total. The predicted octanol–water partition coefficient (Wildman–Crippen LogP) is -0.487. The van der Waals surface area contributed by atoms with Crippen LogP contribution < -0.4 is 11.1 Å². The minimum atomic E-state index is 0.0435. The summed E-state index contributed by atoms with van der Waals surface area (Å²) in [4.78, 5) is 10.6. The van der Waals surface area contributed by atoms with Crippen molar-refractivity contribution < 1.29 is 9.53 Å². The van der Waals surface area contributed by atoms with E-state index in [0.717, 1.165) is 0 Å². The molecule has 4 nitrogen and oxygen atoms in total. The summed E-state index contributed by atoms with van der Waals surface area (Å²) >= 11 is 2.01. The van der Waals surface area contributed by atoms with Crippen LogP contribution in [0.2, 0.25) is 0 Å². The molecule has 0 unspecified atom stereocenters. The first-order valence-electron chi connectivity index (χ1n) is 3.41. The van der Waals surface area contributed by atoms with Crippen LogP contribution in [0.15, 0.2) is 0 Å². The summed E-state index contributed by atoms with van der Waals surface area (Å²) in [7, 11) is 0. The van der Waals surface area contributed by atoms with Gasteiger partial charge in [0.15, 0.2) is 0 Å². The first-order valence-corrected chi connectivity index (χ1v) is 4.94. The van der Waals surface area contributed by atoms with Crippen LogP contribution in [0.25, 0.3) is 0 Å². The van der Waals surface area contributed by atoms with E-state index >= 15 is 0 Å². The van der Waals surface area contributed by atoms with Gasteiger partial charge in [0.1, 0.15) is 0 Å². The second kappa shape index (κ2) is 8.22. The number of rotatable bonds is 6. The number of halogens is 1. The third kappa shape index (κ3) is 8.02. The number of ether oxygens (including phenoxy) is 1. The molecule has 0 atom stereocenters. The van der Waals surface area contributed by atoms with E-state index in [1.807, 2.05) is 22.6 Å². The van der Waals surface area contributed by atoms with Crippen LogP contribution in [-0.4, -0.2) is 36.6 Å². The predicted molar refractivity (Wildman–Crippen MR) is 51.8 cm³/mol. The van der Waals surface area contributed by atoms with Crippen molar-refractivity contribution >= 4 is 28.5 Å². The summed E-state index contributed by atoms with van der Waals surface area (Å²) in [5, 5.41) is 2.68. The summed E-state index contributed by atoms with van der Waals surface area (Å²) in [5.41, 5.74) is 5.18. The molecule has 0 aliphatic heterocycles. The Morgan fingerprint density at radius 2 is 2.27 bits per heavy atom. The van der Waals surface area contributed by atoms with E-state index in [1.165, 1.54) is 0 Å². The highest BCUT2D eigenvalue weighted by Crippen LogP contribution is 1.79. The molecule has 0 heterocycles. The Balaban J connectivity index is 2.95. The second-order valence-corrected chi connectivity index (χ2v) is 2.65. The van der Waals surface area contributed by atoms with Gasteiger partial charge in [-0.2, -0.15) is 0 Å². The second-order valence-electron chi connectivity index (χ2n) is 1.88. The number of hydrogen-bond acceptors (Lipinski definition) is 3. The molecule has 0 aromatic heterocycles. The van der Waals surface area contributed by atoms with Crippen molar-refractivity contribution in [3.8, 4) is 0 Å². The van der Waals surface area contributed by atoms with Crippen LogP contribution in [-0.2, 0) is 9.53 Å². The molecule has 66 valence electrons. The van der Waals surface area contributed by atoms with E-state index < -0.39 is 0 Å². The van der Waals surface area contributed by atoms with Gasteiger partial charge in [0.05, 0.1) is 17.6 Å². The molecule has 5 heteroatoms. The van der Waals surface area contributed by atoms with Gasteiger partial charge in [0.25, 0.3) is 0 Å². The van der Waals surface area contributed by atoms with Crippen molar-refractivity contribution in [2.45, 2.75) is 0 Å². The first kappa shape index (κ1) is 11.1. The zero-order valence-electron chi connectivity index (χ0n) is 6.31. The monoisotopic (exact) mass is 272 g/mol. The molecule has 0 fully saturated rings. The van der Waals surface area contributed by atoms with Crippen molar-refractivity contribution in [2.24, 2.45) is 5.73 Å². The van der Waals surface area contributed by atoms with Crippen LogP contribution in [0.4, 0.5) is 0 Å². The molecule has 0 aliphatic carbocycles. The van der Waals surface area contributed by atoms with Gasteiger partial charge in [-0.15, -0.1) is 0 Å². The highest BCUT2D eigenvalue weighted by molar-refractivity contribution is 14.1. The fourth-order valence-corrected chi connectivity index (χ4v) is 0.765. The highest BCUT2D eigenvalue weighted by atomic mass is 127.